The van der Waals surface area contributed by atoms with E-state index in [0.29, 0.717) is 25.9 Å². The Balaban J connectivity index is 2.08. The first-order valence-electron chi connectivity index (χ1n) is 7.25. The highest BCUT2D eigenvalue weighted by molar-refractivity contribution is 5.88. The van der Waals surface area contributed by atoms with Crippen LogP contribution in [-0.2, 0) is 9.59 Å². The van der Waals surface area contributed by atoms with Gasteiger partial charge in [0.1, 0.15) is 0 Å². The van der Waals surface area contributed by atoms with Gasteiger partial charge in [-0.15, -0.1) is 0 Å². The van der Waals surface area contributed by atoms with Crippen molar-refractivity contribution < 1.29 is 14.7 Å². The van der Waals surface area contributed by atoms with Crippen LogP contribution in [0.3, 0.4) is 0 Å². The van der Waals surface area contributed by atoms with E-state index in [1.54, 1.807) is 4.90 Å². The number of amides is 1. The summed E-state index contributed by atoms with van der Waals surface area (Å²) < 4.78 is 0. The van der Waals surface area contributed by atoms with Gasteiger partial charge < -0.3 is 15.7 Å². The van der Waals surface area contributed by atoms with Gasteiger partial charge in [0.15, 0.2) is 0 Å². The molecule has 0 aromatic rings. The van der Waals surface area contributed by atoms with Crippen molar-refractivity contribution in [2.45, 2.75) is 57.4 Å². The maximum atomic E-state index is 12.5. The molecule has 0 aromatic heterocycles. The number of rotatable bonds is 4. The Morgan fingerprint density at radius 2 is 1.89 bits per heavy atom. The lowest BCUT2D eigenvalue weighted by molar-refractivity contribution is -0.149. The van der Waals surface area contributed by atoms with Crippen LogP contribution >= 0.6 is 0 Å². The molecule has 2 rings (SSSR count). The van der Waals surface area contributed by atoms with Gasteiger partial charge in [-0.05, 0) is 25.7 Å². The second-order valence-electron chi connectivity index (χ2n) is 6.18. The fourth-order valence-electron chi connectivity index (χ4n) is 3.54. The smallest absolute Gasteiger partial charge is 0.311 e. The van der Waals surface area contributed by atoms with Gasteiger partial charge in [0.05, 0.1) is 11.0 Å². The SMILES string of the molecule is CCCC1(C(=O)O)CCN(C(=O)C2(N)CCCC2)C1. The average molecular weight is 268 g/mol. The minimum atomic E-state index is -0.776. The highest BCUT2D eigenvalue weighted by Gasteiger charge is 2.49. The third-order valence-electron chi connectivity index (χ3n) is 4.74. The number of hydrogen-bond donors (Lipinski definition) is 2. The molecule has 1 aliphatic carbocycles. The van der Waals surface area contributed by atoms with Crippen molar-refractivity contribution in [3.8, 4) is 0 Å². The molecule has 0 bridgehead atoms. The van der Waals surface area contributed by atoms with Crippen molar-refractivity contribution in [1.82, 2.24) is 4.90 Å². The average Bonchev–Trinajstić information content (AvgIpc) is 2.97. The van der Waals surface area contributed by atoms with Crippen LogP contribution in [-0.4, -0.2) is 40.5 Å². The monoisotopic (exact) mass is 268 g/mol. The van der Waals surface area contributed by atoms with Crippen LogP contribution in [0, 0.1) is 5.41 Å². The molecule has 2 aliphatic rings. The molecule has 108 valence electrons. The molecule has 5 heteroatoms. The first-order chi connectivity index (χ1) is 8.93. The number of carbonyl (C=O) groups excluding carboxylic acids is 1. The molecule has 1 aliphatic heterocycles. The van der Waals surface area contributed by atoms with Crippen molar-refractivity contribution in [3.63, 3.8) is 0 Å². The Labute approximate surface area is 114 Å². The molecule has 1 atom stereocenters. The number of carboxylic acid groups (broad SMARTS) is 1. The molecule has 19 heavy (non-hydrogen) atoms. The molecular weight excluding hydrogens is 244 g/mol. The Bertz CT molecular complexity index is 377. The first kappa shape index (κ1) is 14.3. The number of carboxylic acids is 1. The van der Waals surface area contributed by atoms with Crippen molar-refractivity contribution in [2.24, 2.45) is 11.1 Å². The van der Waals surface area contributed by atoms with E-state index in [0.717, 1.165) is 32.1 Å². The molecule has 1 saturated carbocycles. The fraction of sp³-hybridized carbons (Fsp3) is 0.857. The molecule has 1 unspecified atom stereocenters. The summed E-state index contributed by atoms with van der Waals surface area (Å²) in [5.74, 6) is -0.814. The van der Waals surface area contributed by atoms with Crippen molar-refractivity contribution in [3.05, 3.63) is 0 Å². The predicted molar refractivity (Wildman–Crippen MR) is 71.6 cm³/mol. The van der Waals surface area contributed by atoms with Gasteiger partial charge >= 0.3 is 5.97 Å². The summed E-state index contributed by atoms with van der Waals surface area (Å²) in [6.45, 7) is 2.84. The van der Waals surface area contributed by atoms with Crippen molar-refractivity contribution in [2.75, 3.05) is 13.1 Å². The molecule has 0 spiro atoms. The number of nitrogens with zero attached hydrogens (tertiary/aromatic N) is 1. The molecule has 3 N–H and O–H groups in total. The zero-order valence-electron chi connectivity index (χ0n) is 11.7. The first-order valence-corrected chi connectivity index (χ1v) is 7.25. The Morgan fingerprint density at radius 1 is 1.26 bits per heavy atom. The summed E-state index contributed by atoms with van der Waals surface area (Å²) in [6.07, 6.45) is 5.46. The largest absolute Gasteiger partial charge is 0.481 e. The van der Waals surface area contributed by atoms with Crippen LogP contribution in [0.4, 0.5) is 0 Å². The second kappa shape index (κ2) is 5.12. The Hall–Kier alpha value is -1.10. The Morgan fingerprint density at radius 3 is 2.42 bits per heavy atom. The molecule has 0 aromatic carbocycles. The number of aliphatic carboxylic acids is 1. The van der Waals surface area contributed by atoms with E-state index >= 15 is 0 Å². The number of likely N-dealkylation sites (tertiary alicyclic amines) is 1. The quantitative estimate of drug-likeness (QED) is 0.806. The van der Waals surface area contributed by atoms with E-state index in [1.165, 1.54) is 0 Å². The van der Waals surface area contributed by atoms with Gasteiger partial charge in [-0.3, -0.25) is 9.59 Å². The molecule has 5 nitrogen and oxygen atoms in total. The summed E-state index contributed by atoms with van der Waals surface area (Å²) in [7, 11) is 0. The van der Waals surface area contributed by atoms with Gasteiger partial charge in [0.2, 0.25) is 5.91 Å². The number of carbonyl (C=O) groups is 2. The van der Waals surface area contributed by atoms with E-state index in [2.05, 4.69) is 0 Å². The molecule has 0 radical (unpaired) electrons. The number of hydrogen-bond acceptors (Lipinski definition) is 3. The zero-order chi connectivity index (χ0) is 14.1. The van der Waals surface area contributed by atoms with Crippen molar-refractivity contribution in [1.29, 1.82) is 0 Å². The van der Waals surface area contributed by atoms with Crippen LogP contribution in [0.2, 0.25) is 0 Å². The van der Waals surface area contributed by atoms with E-state index in [9.17, 15) is 14.7 Å². The summed E-state index contributed by atoms with van der Waals surface area (Å²) in [4.78, 5) is 25.7. The predicted octanol–water partition coefficient (Wildman–Crippen LogP) is 1.36. The van der Waals surface area contributed by atoms with Crippen LogP contribution in [0.1, 0.15) is 51.9 Å². The van der Waals surface area contributed by atoms with Crippen LogP contribution < -0.4 is 5.73 Å². The van der Waals surface area contributed by atoms with Crippen LogP contribution in [0.15, 0.2) is 0 Å². The van der Waals surface area contributed by atoms with E-state index in [-0.39, 0.29) is 5.91 Å². The lowest BCUT2D eigenvalue weighted by Crippen LogP contribution is -2.53. The second-order valence-corrected chi connectivity index (χ2v) is 6.18. The molecule has 1 amide bonds. The maximum Gasteiger partial charge on any atom is 0.311 e. The summed E-state index contributed by atoms with van der Waals surface area (Å²) in [6, 6.07) is 0. The fourth-order valence-corrected chi connectivity index (χ4v) is 3.54. The summed E-state index contributed by atoms with van der Waals surface area (Å²) in [5.41, 5.74) is 4.70. The van der Waals surface area contributed by atoms with Gasteiger partial charge in [0.25, 0.3) is 0 Å². The molecule has 2 fully saturated rings. The van der Waals surface area contributed by atoms with E-state index < -0.39 is 16.9 Å². The normalized spacial score (nSPS) is 29.7. The maximum absolute atomic E-state index is 12.5. The minimum absolute atomic E-state index is 0.0378. The highest BCUT2D eigenvalue weighted by atomic mass is 16.4. The molecule has 1 saturated heterocycles. The molecule has 1 heterocycles. The standard InChI is InChI=1S/C14H24N2O3/c1-2-5-13(12(18)19)8-9-16(10-13)11(17)14(15)6-3-4-7-14/h2-10,15H2,1H3,(H,18,19). The van der Waals surface area contributed by atoms with Gasteiger partial charge in [0, 0.05) is 13.1 Å². The van der Waals surface area contributed by atoms with E-state index in [4.69, 9.17) is 5.73 Å². The zero-order valence-corrected chi connectivity index (χ0v) is 11.7. The van der Waals surface area contributed by atoms with Gasteiger partial charge in [-0.1, -0.05) is 26.2 Å². The topological polar surface area (TPSA) is 83.6 Å². The third-order valence-corrected chi connectivity index (χ3v) is 4.74. The van der Waals surface area contributed by atoms with E-state index in [1.807, 2.05) is 6.92 Å². The minimum Gasteiger partial charge on any atom is -0.481 e. The van der Waals surface area contributed by atoms with Crippen molar-refractivity contribution >= 4 is 11.9 Å². The number of nitrogens with two attached hydrogens (primary N) is 1. The summed E-state index contributed by atoms with van der Waals surface area (Å²) >= 11 is 0. The Kier molecular flexibility index (Phi) is 3.85. The lowest BCUT2D eigenvalue weighted by atomic mass is 9.82. The third kappa shape index (κ3) is 2.48. The van der Waals surface area contributed by atoms with Crippen LogP contribution in [0.25, 0.3) is 0 Å². The lowest BCUT2D eigenvalue weighted by Gasteiger charge is -2.30. The summed E-state index contributed by atoms with van der Waals surface area (Å²) in [5, 5.41) is 9.45. The molecular formula is C14H24N2O3. The van der Waals surface area contributed by atoms with Gasteiger partial charge in [-0.2, -0.15) is 0 Å². The van der Waals surface area contributed by atoms with Crippen LogP contribution in [0.5, 0.6) is 0 Å². The highest BCUT2D eigenvalue weighted by Crippen LogP contribution is 2.38. The van der Waals surface area contributed by atoms with Gasteiger partial charge in [-0.25, -0.2) is 0 Å².